The Morgan fingerprint density at radius 1 is 1.32 bits per heavy atom. The van der Waals surface area contributed by atoms with Gasteiger partial charge in [-0.1, -0.05) is 24.8 Å². The summed E-state index contributed by atoms with van der Waals surface area (Å²) in [6.45, 7) is 4.10. The Labute approximate surface area is 169 Å². The summed E-state index contributed by atoms with van der Waals surface area (Å²) in [5, 5.41) is 19.0. The fraction of sp³-hybridized carbons (Fsp3) is 0.300. The van der Waals surface area contributed by atoms with Gasteiger partial charge in [0.25, 0.3) is 0 Å². The third-order valence-electron chi connectivity index (χ3n) is 4.30. The van der Waals surface area contributed by atoms with Crippen molar-refractivity contribution in [1.29, 1.82) is 5.26 Å². The first-order valence-corrected chi connectivity index (χ1v) is 9.90. The van der Waals surface area contributed by atoms with E-state index in [9.17, 15) is 5.26 Å². The van der Waals surface area contributed by atoms with E-state index >= 15 is 0 Å². The molecule has 1 aliphatic heterocycles. The van der Waals surface area contributed by atoms with E-state index in [2.05, 4.69) is 38.6 Å². The van der Waals surface area contributed by atoms with Crippen LogP contribution in [0.15, 0.2) is 46.7 Å². The van der Waals surface area contributed by atoms with Crippen LogP contribution >= 0.6 is 11.8 Å². The lowest BCUT2D eigenvalue weighted by Crippen LogP contribution is -2.13. The van der Waals surface area contributed by atoms with E-state index in [1.165, 1.54) is 11.8 Å². The first-order chi connectivity index (χ1) is 13.5. The predicted molar refractivity (Wildman–Crippen MR) is 114 cm³/mol. The number of hydrogen-bond acceptors (Lipinski definition) is 8. The van der Waals surface area contributed by atoms with Crippen LogP contribution in [-0.2, 0) is 0 Å². The molecule has 1 atom stereocenters. The second-order valence-corrected chi connectivity index (χ2v) is 7.41. The van der Waals surface area contributed by atoms with Gasteiger partial charge in [0.1, 0.15) is 17.5 Å². The highest BCUT2D eigenvalue weighted by molar-refractivity contribution is 8.06. The van der Waals surface area contributed by atoms with Gasteiger partial charge < -0.3 is 15.5 Å². The van der Waals surface area contributed by atoms with Gasteiger partial charge in [-0.15, -0.1) is 0 Å². The highest BCUT2D eigenvalue weighted by Gasteiger charge is 2.17. The summed E-state index contributed by atoms with van der Waals surface area (Å²) in [6, 6.07) is 8.00. The van der Waals surface area contributed by atoms with E-state index in [4.69, 9.17) is 0 Å². The Morgan fingerprint density at radius 2 is 2.14 bits per heavy atom. The third kappa shape index (κ3) is 4.43. The Kier molecular flexibility index (Phi) is 6.16. The van der Waals surface area contributed by atoms with Gasteiger partial charge in [0.15, 0.2) is 0 Å². The summed E-state index contributed by atoms with van der Waals surface area (Å²) in [6.07, 6.45) is 4.40. The highest BCUT2D eigenvalue weighted by Crippen LogP contribution is 2.32. The quantitative estimate of drug-likeness (QED) is 0.715. The number of nitrogens with one attached hydrogen (secondary N) is 2. The van der Waals surface area contributed by atoms with Crippen molar-refractivity contribution in [3.05, 3.63) is 58.0 Å². The molecule has 0 aromatic carbocycles. The Balaban J connectivity index is 1.78. The van der Waals surface area contributed by atoms with Gasteiger partial charge in [0.2, 0.25) is 5.95 Å². The Bertz CT molecular complexity index is 942. The molecule has 3 heterocycles. The van der Waals surface area contributed by atoms with Crippen LogP contribution in [0.3, 0.4) is 0 Å². The van der Waals surface area contributed by atoms with E-state index in [-0.39, 0.29) is 6.04 Å². The number of nitrogens with zero attached hydrogens (tertiary/aromatic N) is 5. The van der Waals surface area contributed by atoms with E-state index in [0.29, 0.717) is 17.2 Å². The average Bonchev–Trinajstić information content (AvgIpc) is 3.18. The second-order valence-electron chi connectivity index (χ2n) is 6.53. The van der Waals surface area contributed by atoms with E-state index in [1.54, 1.807) is 12.3 Å². The molecule has 0 radical (unpaired) electrons. The number of pyridine rings is 1. The molecule has 1 unspecified atom stereocenters. The molecule has 0 amide bonds. The number of hydrogen-bond donors (Lipinski definition) is 2. The molecule has 2 aromatic rings. The summed E-state index contributed by atoms with van der Waals surface area (Å²) < 4.78 is 0. The lowest BCUT2D eigenvalue weighted by atomic mass is 10.1. The Hall–Kier alpha value is -3.05. The topological polar surface area (TPSA) is 89.8 Å². The van der Waals surface area contributed by atoms with Crippen LogP contribution < -0.4 is 15.5 Å². The number of thioether (sulfide) groups is 1. The number of rotatable bonds is 6. The van der Waals surface area contributed by atoms with Gasteiger partial charge in [-0.25, -0.2) is 15.0 Å². The van der Waals surface area contributed by atoms with E-state index in [1.807, 2.05) is 49.7 Å². The molecule has 0 saturated heterocycles. The summed E-state index contributed by atoms with van der Waals surface area (Å²) in [5.74, 6) is 1.38. The highest BCUT2D eigenvalue weighted by atomic mass is 32.2. The molecule has 0 fully saturated rings. The largest absolute Gasteiger partial charge is 0.363 e. The number of aromatic nitrogens is 3. The standard InChI is InChI=1S/C20H23N7S/c1-5-15-12-28-19(25-15)16(10-21)17-8-9-22-20(26-17)24-13(2)14-6-7-18(23-11-14)27(3)4/h6-9,11-13,25H,5H2,1-4H3,(H,22,24,26)/b19-16-. The minimum Gasteiger partial charge on any atom is -0.363 e. The fourth-order valence-corrected chi connectivity index (χ4v) is 3.56. The van der Waals surface area contributed by atoms with E-state index in [0.717, 1.165) is 28.5 Å². The zero-order valence-corrected chi connectivity index (χ0v) is 17.2. The number of nitriles is 1. The minimum atomic E-state index is -0.0236. The first kappa shape index (κ1) is 19.7. The van der Waals surface area contributed by atoms with Crippen LogP contribution in [0, 0.1) is 11.3 Å². The van der Waals surface area contributed by atoms with Gasteiger partial charge in [-0.2, -0.15) is 5.26 Å². The average molecular weight is 394 g/mol. The van der Waals surface area contributed by atoms with Crippen LogP contribution in [-0.4, -0.2) is 29.0 Å². The zero-order chi connectivity index (χ0) is 20.1. The maximum atomic E-state index is 9.64. The molecule has 144 valence electrons. The van der Waals surface area contributed by atoms with Gasteiger partial charge in [-0.05, 0) is 36.4 Å². The lowest BCUT2D eigenvalue weighted by Gasteiger charge is -2.16. The predicted octanol–water partition coefficient (Wildman–Crippen LogP) is 3.89. The maximum absolute atomic E-state index is 9.64. The molecule has 3 rings (SSSR count). The van der Waals surface area contributed by atoms with Crippen LogP contribution in [0.5, 0.6) is 0 Å². The molecule has 2 aromatic heterocycles. The molecule has 0 saturated carbocycles. The first-order valence-electron chi connectivity index (χ1n) is 9.02. The van der Waals surface area contributed by atoms with Gasteiger partial charge in [-0.3, -0.25) is 0 Å². The molecule has 7 nitrogen and oxygen atoms in total. The SMILES string of the molecule is CCC1=CS/C(=C(/C#N)c2ccnc(NC(C)c3ccc(N(C)C)nc3)n2)N1. The summed E-state index contributed by atoms with van der Waals surface area (Å²) >= 11 is 1.51. The van der Waals surface area contributed by atoms with Crippen molar-refractivity contribution in [2.24, 2.45) is 0 Å². The van der Waals surface area contributed by atoms with Gasteiger partial charge in [0, 0.05) is 32.2 Å². The molecule has 0 aliphatic carbocycles. The monoisotopic (exact) mass is 393 g/mol. The fourth-order valence-electron chi connectivity index (χ4n) is 2.61. The molecule has 1 aliphatic rings. The summed E-state index contributed by atoms with van der Waals surface area (Å²) in [4.78, 5) is 15.2. The number of allylic oxidation sites excluding steroid dienone is 2. The molecule has 8 heteroatoms. The molecule has 0 spiro atoms. The van der Waals surface area contributed by atoms with Crippen molar-refractivity contribution >= 4 is 29.1 Å². The van der Waals surface area contributed by atoms with Crippen molar-refractivity contribution in [2.75, 3.05) is 24.3 Å². The summed E-state index contributed by atoms with van der Waals surface area (Å²) in [5.41, 5.74) is 3.24. The smallest absolute Gasteiger partial charge is 0.223 e. The summed E-state index contributed by atoms with van der Waals surface area (Å²) in [7, 11) is 3.92. The van der Waals surface area contributed by atoms with Gasteiger partial charge >= 0.3 is 0 Å². The minimum absolute atomic E-state index is 0.0236. The molecule has 2 N–H and O–H groups in total. The van der Waals surface area contributed by atoms with E-state index < -0.39 is 0 Å². The maximum Gasteiger partial charge on any atom is 0.223 e. The van der Waals surface area contributed by atoms with Crippen molar-refractivity contribution in [1.82, 2.24) is 20.3 Å². The van der Waals surface area contributed by atoms with Gasteiger partial charge in [0.05, 0.1) is 16.8 Å². The third-order valence-corrected chi connectivity index (χ3v) is 5.24. The second kappa shape index (κ2) is 8.76. The van der Waals surface area contributed by atoms with Crippen molar-refractivity contribution < 1.29 is 0 Å². The number of anilines is 2. The van der Waals surface area contributed by atoms with Crippen molar-refractivity contribution in [3.63, 3.8) is 0 Å². The van der Waals surface area contributed by atoms with Crippen LogP contribution in [0.4, 0.5) is 11.8 Å². The molecule has 0 bridgehead atoms. The zero-order valence-electron chi connectivity index (χ0n) is 16.4. The van der Waals surface area contributed by atoms with Crippen LogP contribution in [0.2, 0.25) is 0 Å². The molecular weight excluding hydrogens is 370 g/mol. The molecule has 28 heavy (non-hydrogen) atoms. The lowest BCUT2D eigenvalue weighted by molar-refractivity contribution is 0.850. The van der Waals surface area contributed by atoms with Crippen LogP contribution in [0.1, 0.15) is 37.6 Å². The van der Waals surface area contributed by atoms with Crippen molar-refractivity contribution in [2.45, 2.75) is 26.3 Å². The van der Waals surface area contributed by atoms with Crippen molar-refractivity contribution in [3.8, 4) is 6.07 Å². The Morgan fingerprint density at radius 3 is 2.75 bits per heavy atom. The van der Waals surface area contributed by atoms with Crippen LogP contribution in [0.25, 0.3) is 5.57 Å². The molecular formula is C20H23N7S. The normalized spacial score (nSPS) is 15.9.